The third-order valence-corrected chi connectivity index (χ3v) is 7.01. The van der Waals surface area contributed by atoms with Gasteiger partial charge in [0.2, 0.25) is 0 Å². The van der Waals surface area contributed by atoms with E-state index in [9.17, 15) is 13.2 Å². The van der Waals surface area contributed by atoms with Crippen LogP contribution in [0.4, 0.5) is 0 Å². The monoisotopic (exact) mass is 507 g/mol. The zero-order chi connectivity index (χ0) is 19.6. The van der Waals surface area contributed by atoms with Crippen molar-refractivity contribution < 1.29 is 22.1 Å². The molecule has 6 nitrogen and oxygen atoms in total. The van der Waals surface area contributed by atoms with E-state index in [0.717, 1.165) is 32.1 Å². The Hall–Kier alpha value is -0.710. The Balaban J connectivity index is 1.74. The van der Waals surface area contributed by atoms with Gasteiger partial charge in [0.1, 0.15) is 0 Å². The molecule has 2 heterocycles. The topological polar surface area (TPSA) is 72.9 Å². The number of hydrogen-bond donors (Lipinski definition) is 0. The minimum atomic E-state index is -3.41. The first-order valence-electron chi connectivity index (χ1n) is 9.23. The Kier molecular flexibility index (Phi) is 6.81. The number of nitrogens with zero attached hydrogens (tertiary/aromatic N) is 1. The summed E-state index contributed by atoms with van der Waals surface area (Å²) >= 11 is 2.29. The molecule has 27 heavy (non-hydrogen) atoms. The van der Waals surface area contributed by atoms with Gasteiger partial charge in [-0.3, -0.25) is 13.9 Å². The first-order chi connectivity index (χ1) is 12.8. The molecule has 0 radical (unpaired) electrons. The summed E-state index contributed by atoms with van der Waals surface area (Å²) < 4.78 is 33.5. The number of piperidine rings is 1. The molecule has 0 spiro atoms. The first kappa shape index (κ1) is 21.0. The number of benzene rings is 1. The smallest absolute Gasteiger partial charge is 0.310 e. The van der Waals surface area contributed by atoms with E-state index in [2.05, 4.69) is 51.8 Å². The summed E-state index contributed by atoms with van der Waals surface area (Å²) in [6, 6.07) is 8.97. The van der Waals surface area contributed by atoms with Gasteiger partial charge in [-0.1, -0.05) is 12.1 Å². The number of halogens is 1. The Labute approximate surface area is 174 Å². The fourth-order valence-electron chi connectivity index (χ4n) is 4.63. The van der Waals surface area contributed by atoms with Crippen molar-refractivity contribution in [1.29, 1.82) is 0 Å². The first-order valence-corrected chi connectivity index (χ1v) is 12.1. The van der Waals surface area contributed by atoms with Gasteiger partial charge in [-0.2, -0.15) is 8.42 Å². The highest BCUT2D eigenvalue weighted by Gasteiger charge is 2.50. The van der Waals surface area contributed by atoms with Gasteiger partial charge in [-0.05, 0) is 66.0 Å². The summed E-state index contributed by atoms with van der Waals surface area (Å²) in [5, 5.41) is 0. The van der Waals surface area contributed by atoms with E-state index in [1.54, 1.807) is 0 Å². The van der Waals surface area contributed by atoms with E-state index in [4.69, 9.17) is 8.92 Å². The van der Waals surface area contributed by atoms with Crippen molar-refractivity contribution in [2.75, 3.05) is 26.5 Å². The van der Waals surface area contributed by atoms with Crippen LogP contribution < -0.4 is 0 Å². The van der Waals surface area contributed by atoms with Crippen LogP contribution >= 0.6 is 22.6 Å². The molecule has 2 fully saturated rings. The van der Waals surface area contributed by atoms with Crippen LogP contribution in [0.25, 0.3) is 0 Å². The van der Waals surface area contributed by atoms with Gasteiger partial charge in [0.25, 0.3) is 10.1 Å². The third-order valence-electron chi connectivity index (χ3n) is 5.69. The molecule has 0 aliphatic carbocycles. The van der Waals surface area contributed by atoms with Gasteiger partial charge in [-0.25, -0.2) is 0 Å². The van der Waals surface area contributed by atoms with Crippen LogP contribution in [0.3, 0.4) is 0 Å². The molecule has 3 unspecified atom stereocenters. The Morgan fingerprint density at radius 2 is 1.96 bits per heavy atom. The summed E-state index contributed by atoms with van der Waals surface area (Å²) in [5.74, 6) is -0.179. The number of esters is 1. The van der Waals surface area contributed by atoms with E-state index in [1.165, 1.54) is 16.2 Å². The van der Waals surface area contributed by atoms with Crippen molar-refractivity contribution in [2.24, 2.45) is 5.92 Å². The Bertz CT molecular complexity index is 767. The summed E-state index contributed by atoms with van der Waals surface area (Å²) in [6.45, 7) is 0.913. The molecule has 2 aliphatic heterocycles. The quantitative estimate of drug-likeness (QED) is 0.245. The van der Waals surface area contributed by atoms with Gasteiger partial charge in [0.05, 0.1) is 25.9 Å². The summed E-state index contributed by atoms with van der Waals surface area (Å²) in [5.41, 5.74) is 1.20. The van der Waals surface area contributed by atoms with Crippen LogP contribution in [-0.4, -0.2) is 57.9 Å². The van der Waals surface area contributed by atoms with E-state index >= 15 is 0 Å². The lowest BCUT2D eigenvalue weighted by molar-refractivity contribution is -0.150. The number of carbonyl (C=O) groups is 1. The second-order valence-corrected chi connectivity index (χ2v) is 10.2. The molecule has 0 saturated carbocycles. The second-order valence-electron chi connectivity index (χ2n) is 7.36. The van der Waals surface area contributed by atoms with Gasteiger partial charge < -0.3 is 4.74 Å². The summed E-state index contributed by atoms with van der Waals surface area (Å²) in [4.78, 5) is 15.0. The Morgan fingerprint density at radius 1 is 1.26 bits per heavy atom. The molecular weight excluding hydrogens is 481 g/mol. The van der Waals surface area contributed by atoms with Gasteiger partial charge in [0.15, 0.2) is 0 Å². The SMILES string of the molecule is COC(=O)[C@H]1C(c2ccc(I)cc2)CC2CCC1N2CCCOS(C)(=O)=O. The lowest BCUT2D eigenvalue weighted by Gasteiger charge is -2.43. The molecule has 8 heteroatoms. The standard InChI is InChI=1S/C19H26INO5S/c1-25-19(22)18-16(13-4-6-14(20)7-5-13)12-15-8-9-17(18)21(15)10-3-11-26-27(2,23)24/h4-7,15-18H,3,8-12H2,1-2H3/t15?,16?,17?,18-/m0/s1. The lowest BCUT2D eigenvalue weighted by atomic mass is 9.76. The highest BCUT2D eigenvalue weighted by atomic mass is 127. The van der Waals surface area contributed by atoms with E-state index in [-0.39, 0.29) is 30.5 Å². The molecule has 0 amide bonds. The fourth-order valence-corrected chi connectivity index (χ4v) is 5.41. The maximum atomic E-state index is 12.7. The maximum Gasteiger partial charge on any atom is 0.310 e. The highest BCUT2D eigenvalue weighted by Crippen LogP contribution is 2.47. The molecule has 3 rings (SSSR count). The molecule has 2 saturated heterocycles. The van der Waals surface area contributed by atoms with Crippen LogP contribution in [0.1, 0.15) is 37.2 Å². The summed E-state index contributed by atoms with van der Waals surface area (Å²) in [6.07, 6.45) is 4.65. The Morgan fingerprint density at radius 3 is 2.59 bits per heavy atom. The molecule has 0 N–H and O–H groups in total. The van der Waals surface area contributed by atoms with Gasteiger partial charge in [0, 0.05) is 28.1 Å². The predicted octanol–water partition coefficient (Wildman–Crippen LogP) is 2.77. The molecule has 1 aromatic rings. The molecule has 2 aliphatic rings. The molecule has 150 valence electrons. The van der Waals surface area contributed by atoms with E-state index in [1.807, 2.05) is 0 Å². The zero-order valence-corrected chi connectivity index (χ0v) is 18.6. The van der Waals surface area contributed by atoms with Crippen molar-refractivity contribution in [2.45, 2.75) is 43.7 Å². The largest absolute Gasteiger partial charge is 0.469 e. The molecule has 1 aromatic carbocycles. The van der Waals surface area contributed by atoms with E-state index < -0.39 is 10.1 Å². The molecule has 0 aromatic heterocycles. The second kappa shape index (κ2) is 8.75. The number of hydrogen-bond acceptors (Lipinski definition) is 6. The molecule has 2 bridgehead atoms. The van der Waals surface area contributed by atoms with Gasteiger partial charge >= 0.3 is 5.97 Å². The average Bonchev–Trinajstić information content (AvgIpc) is 2.89. The number of ether oxygens (including phenoxy) is 1. The third kappa shape index (κ3) is 5.02. The van der Waals surface area contributed by atoms with Crippen LogP contribution in [0, 0.1) is 9.49 Å². The normalized spacial score (nSPS) is 28.3. The van der Waals surface area contributed by atoms with Crippen LogP contribution in [0.5, 0.6) is 0 Å². The van der Waals surface area contributed by atoms with Crippen molar-refractivity contribution in [1.82, 2.24) is 4.90 Å². The van der Waals surface area contributed by atoms with Crippen LogP contribution in [0.15, 0.2) is 24.3 Å². The fraction of sp³-hybridized carbons (Fsp3) is 0.632. The van der Waals surface area contributed by atoms with Crippen molar-refractivity contribution in [3.8, 4) is 0 Å². The number of methoxy groups -OCH3 is 1. The van der Waals surface area contributed by atoms with Gasteiger partial charge in [-0.15, -0.1) is 0 Å². The predicted molar refractivity (Wildman–Crippen MR) is 111 cm³/mol. The number of carbonyl (C=O) groups excluding carboxylic acids is 1. The molecular formula is C19H26INO5S. The van der Waals surface area contributed by atoms with Crippen LogP contribution in [-0.2, 0) is 23.8 Å². The average molecular weight is 507 g/mol. The highest BCUT2D eigenvalue weighted by molar-refractivity contribution is 14.1. The number of fused-ring (bicyclic) bond motifs is 2. The minimum Gasteiger partial charge on any atom is -0.469 e. The molecule has 4 atom stereocenters. The van der Waals surface area contributed by atoms with Crippen molar-refractivity contribution >= 4 is 38.7 Å². The van der Waals surface area contributed by atoms with Crippen molar-refractivity contribution in [3.05, 3.63) is 33.4 Å². The van der Waals surface area contributed by atoms with Crippen LogP contribution in [0.2, 0.25) is 0 Å². The lowest BCUT2D eigenvalue weighted by Crippen LogP contribution is -2.51. The summed E-state index contributed by atoms with van der Waals surface area (Å²) in [7, 11) is -1.95. The minimum absolute atomic E-state index is 0.138. The number of rotatable bonds is 7. The maximum absolute atomic E-state index is 12.7. The zero-order valence-electron chi connectivity index (χ0n) is 15.6. The van der Waals surface area contributed by atoms with Crippen molar-refractivity contribution in [3.63, 3.8) is 0 Å². The van der Waals surface area contributed by atoms with E-state index in [0.29, 0.717) is 12.5 Å².